The number of hydrogen-bond donors (Lipinski definition) is 1. The van der Waals surface area contributed by atoms with Gasteiger partial charge in [0, 0.05) is 0 Å². The van der Waals surface area contributed by atoms with Crippen molar-refractivity contribution in [3.05, 3.63) is 0 Å². The smallest absolute Gasteiger partial charge is 0.00490 e. The van der Waals surface area contributed by atoms with Crippen LogP contribution < -0.4 is 5.32 Å². The molecule has 0 radical (unpaired) electrons. The van der Waals surface area contributed by atoms with Crippen LogP contribution in [-0.2, 0) is 0 Å². The molecule has 0 amide bonds. The maximum atomic E-state index is 3.39. The van der Waals surface area contributed by atoms with Crippen molar-refractivity contribution in [3.8, 4) is 0 Å². The topological polar surface area (TPSA) is 12.0 Å². The van der Waals surface area contributed by atoms with Gasteiger partial charge in [-0.3, -0.25) is 0 Å². The van der Waals surface area contributed by atoms with Gasteiger partial charge in [-0.1, -0.05) is 60.3 Å². The average molecular weight is 227 g/mol. The fourth-order valence-electron chi connectivity index (χ4n) is 2.25. The lowest BCUT2D eigenvalue weighted by atomic mass is 9.74. The highest BCUT2D eigenvalue weighted by atomic mass is 14.8. The quantitative estimate of drug-likeness (QED) is 0.537. The number of hydrogen-bond acceptors (Lipinski definition) is 1. The highest BCUT2D eigenvalue weighted by molar-refractivity contribution is 4.75. The summed E-state index contributed by atoms with van der Waals surface area (Å²) in [7, 11) is 0. The van der Waals surface area contributed by atoms with Gasteiger partial charge in [0.05, 0.1) is 0 Å². The first-order valence-corrected chi connectivity index (χ1v) is 7.25. The van der Waals surface area contributed by atoms with E-state index < -0.39 is 0 Å². The summed E-state index contributed by atoms with van der Waals surface area (Å²) in [6, 6.07) is 0. The minimum atomic E-state index is 0.536. The van der Waals surface area contributed by atoms with Gasteiger partial charge in [0.25, 0.3) is 0 Å². The van der Waals surface area contributed by atoms with E-state index in [0.29, 0.717) is 5.41 Å². The summed E-state index contributed by atoms with van der Waals surface area (Å²) in [6.45, 7) is 14.1. The SMILES string of the molecule is CCCC(C)C(C)(C)CCCCCNCC. The standard InChI is InChI=1S/C15H33N/c1-6-11-14(3)15(4,5)12-9-8-10-13-16-7-2/h14,16H,6-13H2,1-5H3. The first-order valence-electron chi connectivity index (χ1n) is 7.25. The minimum Gasteiger partial charge on any atom is -0.317 e. The second-order valence-electron chi connectivity index (χ2n) is 5.84. The summed E-state index contributed by atoms with van der Waals surface area (Å²) in [5, 5.41) is 3.39. The lowest BCUT2D eigenvalue weighted by molar-refractivity contribution is 0.192. The maximum absolute atomic E-state index is 3.39. The van der Waals surface area contributed by atoms with Crippen LogP contribution in [0.2, 0.25) is 0 Å². The third kappa shape index (κ3) is 7.27. The van der Waals surface area contributed by atoms with Crippen molar-refractivity contribution in [2.45, 2.75) is 73.1 Å². The fourth-order valence-corrected chi connectivity index (χ4v) is 2.25. The van der Waals surface area contributed by atoms with Crippen molar-refractivity contribution >= 4 is 0 Å². The molecule has 16 heavy (non-hydrogen) atoms. The molecule has 1 N–H and O–H groups in total. The van der Waals surface area contributed by atoms with Crippen molar-refractivity contribution < 1.29 is 0 Å². The van der Waals surface area contributed by atoms with Crippen molar-refractivity contribution in [2.24, 2.45) is 11.3 Å². The Morgan fingerprint density at radius 2 is 1.75 bits per heavy atom. The van der Waals surface area contributed by atoms with Crippen molar-refractivity contribution in [1.82, 2.24) is 5.32 Å². The fraction of sp³-hybridized carbons (Fsp3) is 1.00. The summed E-state index contributed by atoms with van der Waals surface area (Å²) in [6.07, 6.45) is 8.21. The summed E-state index contributed by atoms with van der Waals surface area (Å²) >= 11 is 0. The Hall–Kier alpha value is -0.0400. The molecule has 0 aromatic carbocycles. The van der Waals surface area contributed by atoms with E-state index >= 15 is 0 Å². The molecule has 0 saturated carbocycles. The second-order valence-corrected chi connectivity index (χ2v) is 5.84. The van der Waals surface area contributed by atoms with Crippen LogP contribution in [0.4, 0.5) is 0 Å². The van der Waals surface area contributed by atoms with Crippen LogP contribution in [0.3, 0.4) is 0 Å². The van der Waals surface area contributed by atoms with Gasteiger partial charge in [0.1, 0.15) is 0 Å². The third-order valence-electron chi connectivity index (χ3n) is 3.98. The average Bonchev–Trinajstić information content (AvgIpc) is 2.23. The predicted molar refractivity (Wildman–Crippen MR) is 74.9 cm³/mol. The van der Waals surface area contributed by atoms with Crippen LogP contribution in [0.5, 0.6) is 0 Å². The Bertz CT molecular complexity index is 152. The summed E-state index contributed by atoms with van der Waals surface area (Å²) in [5.74, 6) is 0.867. The van der Waals surface area contributed by atoms with Crippen LogP contribution in [-0.4, -0.2) is 13.1 Å². The third-order valence-corrected chi connectivity index (χ3v) is 3.98. The molecule has 1 atom stereocenters. The lowest BCUT2D eigenvalue weighted by Crippen LogP contribution is -2.21. The molecular formula is C15H33N. The normalized spacial score (nSPS) is 14.1. The molecule has 1 heteroatoms. The first kappa shape index (κ1) is 16.0. The summed E-state index contributed by atoms with van der Waals surface area (Å²) in [5.41, 5.74) is 0.536. The number of nitrogens with one attached hydrogen (secondary N) is 1. The monoisotopic (exact) mass is 227 g/mol. The van der Waals surface area contributed by atoms with Gasteiger partial charge >= 0.3 is 0 Å². The van der Waals surface area contributed by atoms with Gasteiger partial charge in [-0.2, -0.15) is 0 Å². The molecule has 0 aliphatic rings. The number of rotatable bonds is 10. The molecule has 0 aliphatic heterocycles. The molecule has 1 unspecified atom stereocenters. The van der Waals surface area contributed by atoms with Gasteiger partial charge < -0.3 is 5.32 Å². The Labute approximate surface area is 103 Å². The van der Waals surface area contributed by atoms with E-state index in [1.165, 1.54) is 45.1 Å². The molecule has 0 aromatic rings. The minimum absolute atomic E-state index is 0.536. The molecule has 0 fully saturated rings. The second kappa shape index (κ2) is 9.04. The number of unbranched alkanes of at least 4 members (excludes halogenated alkanes) is 2. The Balaban J connectivity index is 3.57. The zero-order valence-electron chi connectivity index (χ0n) is 12.2. The van der Waals surface area contributed by atoms with Gasteiger partial charge in [-0.15, -0.1) is 0 Å². The molecule has 0 rings (SSSR count). The van der Waals surface area contributed by atoms with Gasteiger partial charge in [-0.05, 0) is 37.3 Å². The maximum Gasteiger partial charge on any atom is -0.00490 e. The van der Waals surface area contributed by atoms with Crippen LogP contribution in [0, 0.1) is 11.3 Å². The van der Waals surface area contributed by atoms with E-state index in [0.717, 1.165) is 12.5 Å². The molecule has 98 valence electrons. The van der Waals surface area contributed by atoms with Gasteiger partial charge in [-0.25, -0.2) is 0 Å². The molecule has 0 heterocycles. The van der Waals surface area contributed by atoms with Crippen molar-refractivity contribution in [1.29, 1.82) is 0 Å². The predicted octanol–water partition coefficient (Wildman–Crippen LogP) is 4.62. The van der Waals surface area contributed by atoms with E-state index in [9.17, 15) is 0 Å². The van der Waals surface area contributed by atoms with E-state index in [4.69, 9.17) is 0 Å². The first-order chi connectivity index (χ1) is 7.54. The summed E-state index contributed by atoms with van der Waals surface area (Å²) < 4.78 is 0. The van der Waals surface area contributed by atoms with Crippen molar-refractivity contribution in [2.75, 3.05) is 13.1 Å². The molecular weight excluding hydrogens is 194 g/mol. The van der Waals surface area contributed by atoms with E-state index in [1.807, 2.05) is 0 Å². The molecule has 0 spiro atoms. The highest BCUT2D eigenvalue weighted by Gasteiger charge is 2.24. The zero-order chi connectivity index (χ0) is 12.4. The zero-order valence-corrected chi connectivity index (χ0v) is 12.2. The van der Waals surface area contributed by atoms with Crippen LogP contribution in [0.15, 0.2) is 0 Å². The highest BCUT2D eigenvalue weighted by Crippen LogP contribution is 2.35. The van der Waals surface area contributed by atoms with E-state index in [1.54, 1.807) is 0 Å². The lowest BCUT2D eigenvalue weighted by Gasteiger charge is -2.32. The molecule has 1 nitrogen and oxygen atoms in total. The molecule has 0 aliphatic carbocycles. The molecule has 0 saturated heterocycles. The van der Waals surface area contributed by atoms with Gasteiger partial charge in [0.2, 0.25) is 0 Å². The Morgan fingerprint density at radius 3 is 2.31 bits per heavy atom. The Kier molecular flexibility index (Phi) is 9.02. The van der Waals surface area contributed by atoms with Crippen molar-refractivity contribution in [3.63, 3.8) is 0 Å². The molecule has 0 aromatic heterocycles. The van der Waals surface area contributed by atoms with E-state index in [-0.39, 0.29) is 0 Å². The van der Waals surface area contributed by atoms with Crippen LogP contribution in [0.25, 0.3) is 0 Å². The van der Waals surface area contributed by atoms with Gasteiger partial charge in [0.15, 0.2) is 0 Å². The van der Waals surface area contributed by atoms with Crippen LogP contribution in [0.1, 0.15) is 73.1 Å². The van der Waals surface area contributed by atoms with Crippen LogP contribution >= 0.6 is 0 Å². The van der Waals surface area contributed by atoms with E-state index in [2.05, 4.69) is 39.9 Å². The summed E-state index contributed by atoms with van der Waals surface area (Å²) in [4.78, 5) is 0. The molecule has 0 bridgehead atoms. The largest absolute Gasteiger partial charge is 0.317 e. The Morgan fingerprint density at radius 1 is 1.06 bits per heavy atom.